The van der Waals surface area contributed by atoms with Crippen LogP contribution in [0.15, 0.2) is 54.9 Å². The number of nitrogens with zero attached hydrogens (tertiary/aromatic N) is 3. The van der Waals surface area contributed by atoms with Crippen LogP contribution in [0.1, 0.15) is 11.6 Å². The molecule has 21 heavy (non-hydrogen) atoms. The minimum absolute atomic E-state index is 0.297. The molecule has 3 rings (SSSR count). The van der Waals surface area contributed by atoms with Crippen molar-refractivity contribution in [2.45, 2.75) is 6.04 Å². The van der Waals surface area contributed by atoms with E-state index in [9.17, 15) is 0 Å². The molecule has 1 saturated heterocycles. The molecule has 0 bridgehead atoms. The smallest absolute Gasteiger partial charge is 0.0473 e. The van der Waals surface area contributed by atoms with Crippen LogP contribution in [0.5, 0.6) is 0 Å². The standard InChI is InChI=1S/C17H22N4/c18-14-17(15-6-8-19-9-7-15)21-12-10-20(11-13-21)16-4-2-1-3-5-16/h1-9,17H,10-14,18H2. The Kier molecular flexibility index (Phi) is 4.48. The van der Waals surface area contributed by atoms with Gasteiger partial charge in [0.1, 0.15) is 0 Å². The summed E-state index contributed by atoms with van der Waals surface area (Å²) in [4.78, 5) is 9.01. The maximum absolute atomic E-state index is 6.01. The van der Waals surface area contributed by atoms with E-state index in [1.165, 1.54) is 11.3 Å². The van der Waals surface area contributed by atoms with Crippen molar-refractivity contribution in [3.05, 3.63) is 60.4 Å². The van der Waals surface area contributed by atoms with Crippen molar-refractivity contribution in [2.24, 2.45) is 5.73 Å². The van der Waals surface area contributed by atoms with Gasteiger partial charge in [0.05, 0.1) is 0 Å². The number of pyridine rings is 1. The lowest BCUT2D eigenvalue weighted by Gasteiger charge is -2.40. The molecule has 0 spiro atoms. The largest absolute Gasteiger partial charge is 0.369 e. The Morgan fingerprint density at radius 2 is 1.62 bits per heavy atom. The molecule has 4 heteroatoms. The molecule has 1 aliphatic rings. The Hall–Kier alpha value is -1.91. The zero-order valence-corrected chi connectivity index (χ0v) is 12.2. The molecule has 1 unspecified atom stereocenters. The van der Waals surface area contributed by atoms with Crippen LogP contribution in [0, 0.1) is 0 Å². The van der Waals surface area contributed by atoms with Crippen molar-refractivity contribution >= 4 is 5.69 Å². The molecule has 0 aliphatic carbocycles. The van der Waals surface area contributed by atoms with Crippen LogP contribution >= 0.6 is 0 Å². The maximum Gasteiger partial charge on any atom is 0.0473 e. The summed E-state index contributed by atoms with van der Waals surface area (Å²) in [6, 6.07) is 15.1. The number of rotatable bonds is 4. The number of piperazine rings is 1. The summed E-state index contributed by atoms with van der Waals surface area (Å²) < 4.78 is 0. The van der Waals surface area contributed by atoms with Crippen LogP contribution < -0.4 is 10.6 Å². The first-order chi connectivity index (χ1) is 10.4. The third-order valence-corrected chi connectivity index (χ3v) is 4.19. The van der Waals surface area contributed by atoms with Gasteiger partial charge in [0.2, 0.25) is 0 Å². The van der Waals surface area contributed by atoms with Crippen LogP contribution in [-0.4, -0.2) is 42.6 Å². The average Bonchev–Trinajstić information content (AvgIpc) is 2.58. The van der Waals surface area contributed by atoms with E-state index in [1.807, 2.05) is 12.4 Å². The first-order valence-corrected chi connectivity index (χ1v) is 7.52. The summed E-state index contributed by atoms with van der Waals surface area (Å²) in [5.74, 6) is 0. The van der Waals surface area contributed by atoms with Crippen LogP contribution in [0.2, 0.25) is 0 Å². The third kappa shape index (κ3) is 3.23. The zero-order chi connectivity index (χ0) is 14.5. The highest BCUT2D eigenvalue weighted by molar-refractivity contribution is 5.46. The van der Waals surface area contributed by atoms with Gasteiger partial charge in [-0.1, -0.05) is 18.2 Å². The number of anilines is 1. The van der Waals surface area contributed by atoms with Crippen LogP contribution in [-0.2, 0) is 0 Å². The van der Waals surface area contributed by atoms with E-state index >= 15 is 0 Å². The monoisotopic (exact) mass is 282 g/mol. The maximum atomic E-state index is 6.01. The van der Waals surface area contributed by atoms with Gasteiger partial charge < -0.3 is 10.6 Å². The van der Waals surface area contributed by atoms with Gasteiger partial charge in [-0.05, 0) is 29.8 Å². The summed E-state index contributed by atoms with van der Waals surface area (Å²) in [6.45, 7) is 4.82. The van der Waals surface area contributed by atoms with Crippen LogP contribution in [0.3, 0.4) is 0 Å². The fourth-order valence-electron chi connectivity index (χ4n) is 3.01. The second kappa shape index (κ2) is 6.70. The highest BCUT2D eigenvalue weighted by atomic mass is 15.3. The lowest BCUT2D eigenvalue weighted by atomic mass is 10.1. The van der Waals surface area contributed by atoms with E-state index in [-0.39, 0.29) is 0 Å². The Morgan fingerprint density at radius 1 is 0.952 bits per heavy atom. The first kappa shape index (κ1) is 14.0. The van der Waals surface area contributed by atoms with Crippen molar-refractivity contribution in [3.63, 3.8) is 0 Å². The number of benzene rings is 1. The Balaban J connectivity index is 1.65. The summed E-state index contributed by atoms with van der Waals surface area (Å²) in [5, 5.41) is 0. The quantitative estimate of drug-likeness (QED) is 0.930. The van der Waals surface area contributed by atoms with Crippen LogP contribution in [0.25, 0.3) is 0 Å². The average molecular weight is 282 g/mol. The SMILES string of the molecule is NCC(c1ccncc1)N1CCN(c2ccccc2)CC1. The minimum atomic E-state index is 0.297. The highest BCUT2D eigenvalue weighted by Gasteiger charge is 2.24. The summed E-state index contributed by atoms with van der Waals surface area (Å²) in [6.07, 6.45) is 3.69. The van der Waals surface area contributed by atoms with Crippen LogP contribution in [0.4, 0.5) is 5.69 Å². The number of para-hydroxylation sites is 1. The van der Waals surface area contributed by atoms with Gasteiger partial charge in [-0.15, -0.1) is 0 Å². The molecular formula is C17H22N4. The summed E-state index contributed by atoms with van der Waals surface area (Å²) >= 11 is 0. The zero-order valence-electron chi connectivity index (χ0n) is 12.2. The number of hydrogen-bond acceptors (Lipinski definition) is 4. The van der Waals surface area contributed by atoms with Crippen molar-refractivity contribution in [1.82, 2.24) is 9.88 Å². The molecule has 0 amide bonds. The molecule has 2 heterocycles. The molecule has 2 aromatic rings. The molecule has 1 atom stereocenters. The molecule has 110 valence electrons. The lowest BCUT2D eigenvalue weighted by molar-refractivity contribution is 0.190. The molecule has 1 aromatic carbocycles. The van der Waals surface area contributed by atoms with Gasteiger partial charge in [-0.3, -0.25) is 9.88 Å². The minimum Gasteiger partial charge on any atom is -0.369 e. The molecule has 1 fully saturated rings. The van der Waals surface area contributed by atoms with E-state index in [1.54, 1.807) is 0 Å². The van der Waals surface area contributed by atoms with E-state index in [2.05, 4.69) is 57.2 Å². The molecule has 4 nitrogen and oxygen atoms in total. The van der Waals surface area contributed by atoms with Gasteiger partial charge in [-0.25, -0.2) is 0 Å². The number of nitrogens with two attached hydrogens (primary N) is 1. The molecule has 2 N–H and O–H groups in total. The molecular weight excluding hydrogens is 260 g/mol. The highest BCUT2D eigenvalue weighted by Crippen LogP contribution is 2.22. The van der Waals surface area contributed by atoms with Gasteiger partial charge in [0.25, 0.3) is 0 Å². The second-order valence-electron chi connectivity index (χ2n) is 5.39. The van der Waals surface area contributed by atoms with E-state index < -0.39 is 0 Å². The Bertz CT molecular complexity index is 535. The van der Waals surface area contributed by atoms with Gasteiger partial charge >= 0.3 is 0 Å². The fraction of sp³-hybridized carbons (Fsp3) is 0.353. The van der Waals surface area contributed by atoms with Crippen molar-refractivity contribution < 1.29 is 0 Å². The third-order valence-electron chi connectivity index (χ3n) is 4.19. The van der Waals surface area contributed by atoms with Crippen molar-refractivity contribution in [2.75, 3.05) is 37.6 Å². The summed E-state index contributed by atoms with van der Waals surface area (Å²) in [7, 11) is 0. The normalized spacial score (nSPS) is 17.7. The van der Waals surface area contributed by atoms with E-state index in [0.717, 1.165) is 26.2 Å². The molecule has 1 aliphatic heterocycles. The predicted molar refractivity (Wildman–Crippen MR) is 86.3 cm³/mol. The van der Waals surface area contributed by atoms with Gasteiger partial charge in [0, 0.05) is 56.8 Å². The lowest BCUT2D eigenvalue weighted by Crippen LogP contribution is -2.49. The predicted octanol–water partition coefficient (Wildman–Crippen LogP) is 1.90. The van der Waals surface area contributed by atoms with Crippen molar-refractivity contribution in [3.8, 4) is 0 Å². The van der Waals surface area contributed by atoms with E-state index in [0.29, 0.717) is 12.6 Å². The topological polar surface area (TPSA) is 45.4 Å². The molecule has 1 aromatic heterocycles. The molecule has 0 radical (unpaired) electrons. The van der Waals surface area contributed by atoms with Gasteiger partial charge in [0.15, 0.2) is 0 Å². The first-order valence-electron chi connectivity index (χ1n) is 7.52. The van der Waals surface area contributed by atoms with Gasteiger partial charge in [-0.2, -0.15) is 0 Å². The van der Waals surface area contributed by atoms with E-state index in [4.69, 9.17) is 5.73 Å². The number of hydrogen-bond donors (Lipinski definition) is 1. The summed E-state index contributed by atoms with van der Waals surface area (Å²) in [5.41, 5.74) is 8.58. The second-order valence-corrected chi connectivity index (χ2v) is 5.39. The van der Waals surface area contributed by atoms with Crippen molar-refractivity contribution in [1.29, 1.82) is 0 Å². The Labute approximate surface area is 126 Å². The Morgan fingerprint density at radius 3 is 2.24 bits per heavy atom. The fourth-order valence-corrected chi connectivity index (χ4v) is 3.01. The molecule has 0 saturated carbocycles. The number of aromatic nitrogens is 1.